The minimum absolute atomic E-state index is 0.0655. The van der Waals surface area contributed by atoms with Crippen LogP contribution in [-0.4, -0.2) is 26.1 Å². The summed E-state index contributed by atoms with van der Waals surface area (Å²) < 4.78 is 5.24. The monoisotopic (exact) mass is 206 g/mol. The van der Waals surface area contributed by atoms with Crippen molar-refractivity contribution in [1.29, 1.82) is 0 Å². The second kappa shape index (κ2) is 3.46. The number of likely N-dealkylation sites (N-methyl/N-ethyl adjacent to an activating group) is 1. The van der Waals surface area contributed by atoms with Crippen molar-refractivity contribution in [2.75, 3.05) is 24.4 Å². The maximum atomic E-state index is 11.7. The van der Waals surface area contributed by atoms with Crippen LogP contribution in [0.25, 0.3) is 0 Å². The number of rotatable bonds is 1. The first-order valence-electron chi connectivity index (χ1n) is 4.86. The number of nitrogens with one attached hydrogen (secondary N) is 1. The molecule has 1 atom stereocenters. The number of amides is 1. The molecule has 0 spiro atoms. The molecule has 1 aromatic rings. The molecule has 0 fully saturated rings. The Kier molecular flexibility index (Phi) is 2.26. The van der Waals surface area contributed by atoms with E-state index in [1.165, 1.54) is 0 Å². The molecular weight excluding hydrogens is 192 g/mol. The average Bonchev–Trinajstić information content (AvgIpc) is 2.25. The molecule has 0 aromatic heterocycles. The van der Waals surface area contributed by atoms with E-state index in [1.54, 1.807) is 19.1 Å². The molecule has 0 saturated heterocycles. The molecule has 1 N–H and O–H groups in total. The Morgan fingerprint density at radius 2 is 2.20 bits per heavy atom. The Morgan fingerprint density at radius 1 is 1.47 bits per heavy atom. The van der Waals surface area contributed by atoms with Gasteiger partial charge in [-0.15, -0.1) is 0 Å². The van der Waals surface area contributed by atoms with E-state index < -0.39 is 0 Å². The first kappa shape index (κ1) is 9.83. The van der Waals surface area contributed by atoms with Crippen LogP contribution in [0, 0.1) is 0 Å². The summed E-state index contributed by atoms with van der Waals surface area (Å²) in [6, 6.07) is 5.44. The van der Waals surface area contributed by atoms with Gasteiger partial charge in [-0.05, 0) is 19.1 Å². The number of benzene rings is 1. The van der Waals surface area contributed by atoms with Gasteiger partial charge in [0.1, 0.15) is 17.5 Å². The summed E-state index contributed by atoms with van der Waals surface area (Å²) in [5.41, 5.74) is 1.74. The van der Waals surface area contributed by atoms with Gasteiger partial charge in [0, 0.05) is 7.05 Å². The van der Waals surface area contributed by atoms with Gasteiger partial charge in [-0.25, -0.2) is 0 Å². The number of fused-ring (bicyclic) bond motifs is 1. The van der Waals surface area contributed by atoms with Gasteiger partial charge >= 0.3 is 0 Å². The first-order valence-corrected chi connectivity index (χ1v) is 4.86. The van der Waals surface area contributed by atoms with Gasteiger partial charge in [-0.3, -0.25) is 4.79 Å². The maximum absolute atomic E-state index is 11.7. The smallest absolute Gasteiger partial charge is 0.248 e. The fraction of sp³-hybridized carbons (Fsp3) is 0.364. The van der Waals surface area contributed by atoms with Gasteiger partial charge in [0.25, 0.3) is 0 Å². The number of hydrogen-bond donors (Lipinski definition) is 1. The van der Waals surface area contributed by atoms with E-state index in [2.05, 4.69) is 5.32 Å². The third kappa shape index (κ3) is 1.42. The minimum atomic E-state index is -0.209. The molecule has 0 aliphatic carbocycles. The third-order valence-corrected chi connectivity index (χ3v) is 2.65. The lowest BCUT2D eigenvalue weighted by molar-refractivity contribution is -0.118. The highest BCUT2D eigenvalue weighted by molar-refractivity contribution is 6.05. The summed E-state index contributed by atoms with van der Waals surface area (Å²) in [6.45, 7) is 1.84. The van der Waals surface area contributed by atoms with Crippen LogP contribution in [0.3, 0.4) is 0 Å². The molecule has 4 heteroatoms. The first-order chi connectivity index (χ1) is 7.15. The lowest BCUT2D eigenvalue weighted by atomic mass is 10.1. The molecule has 2 rings (SSSR count). The van der Waals surface area contributed by atoms with E-state index in [0.29, 0.717) is 0 Å². The van der Waals surface area contributed by atoms with E-state index in [0.717, 1.165) is 17.1 Å². The summed E-state index contributed by atoms with van der Waals surface area (Å²) in [4.78, 5) is 13.4. The molecular formula is C11H14N2O2. The normalized spacial score (nSPS) is 19.5. The van der Waals surface area contributed by atoms with Crippen LogP contribution in [0.4, 0.5) is 11.4 Å². The van der Waals surface area contributed by atoms with Gasteiger partial charge in [-0.2, -0.15) is 0 Å². The van der Waals surface area contributed by atoms with Crippen molar-refractivity contribution in [3.05, 3.63) is 18.2 Å². The molecule has 0 radical (unpaired) electrons. The Morgan fingerprint density at radius 3 is 2.87 bits per heavy atom. The number of carbonyl (C=O) groups excluding carboxylic acids is 1. The molecule has 1 aromatic carbocycles. The molecule has 1 unspecified atom stereocenters. The van der Waals surface area contributed by atoms with Crippen LogP contribution in [0.1, 0.15) is 6.92 Å². The fourth-order valence-corrected chi connectivity index (χ4v) is 1.80. The second-order valence-corrected chi connectivity index (χ2v) is 3.62. The van der Waals surface area contributed by atoms with Crippen molar-refractivity contribution in [1.82, 2.24) is 0 Å². The molecule has 1 aliphatic rings. The van der Waals surface area contributed by atoms with E-state index in [9.17, 15) is 4.79 Å². The van der Waals surface area contributed by atoms with Gasteiger partial charge in [0.15, 0.2) is 0 Å². The van der Waals surface area contributed by atoms with Crippen LogP contribution in [0.5, 0.6) is 5.75 Å². The molecule has 1 heterocycles. The predicted molar refractivity (Wildman–Crippen MR) is 59.5 cm³/mol. The van der Waals surface area contributed by atoms with Crippen molar-refractivity contribution in [2.45, 2.75) is 13.0 Å². The van der Waals surface area contributed by atoms with Crippen LogP contribution in [-0.2, 0) is 4.79 Å². The maximum Gasteiger partial charge on any atom is 0.248 e. The van der Waals surface area contributed by atoms with Gasteiger partial charge in [-0.1, -0.05) is 6.07 Å². The van der Waals surface area contributed by atoms with Crippen molar-refractivity contribution in [3.8, 4) is 5.75 Å². The summed E-state index contributed by atoms with van der Waals surface area (Å²) in [5, 5.41) is 3.14. The summed E-state index contributed by atoms with van der Waals surface area (Å²) in [5.74, 6) is 0.828. The van der Waals surface area contributed by atoms with Gasteiger partial charge in [0.2, 0.25) is 5.91 Å². The average molecular weight is 206 g/mol. The van der Waals surface area contributed by atoms with Crippen molar-refractivity contribution < 1.29 is 9.53 Å². The van der Waals surface area contributed by atoms with Crippen LogP contribution in [0.15, 0.2) is 18.2 Å². The van der Waals surface area contributed by atoms with Gasteiger partial charge in [0.05, 0.1) is 12.8 Å². The lowest BCUT2D eigenvalue weighted by Gasteiger charge is -2.32. The highest BCUT2D eigenvalue weighted by Gasteiger charge is 2.28. The Bertz CT molecular complexity index is 404. The lowest BCUT2D eigenvalue weighted by Crippen LogP contribution is -2.43. The molecule has 15 heavy (non-hydrogen) atoms. The number of nitrogens with zero attached hydrogens (tertiary/aromatic N) is 1. The largest absolute Gasteiger partial charge is 0.495 e. The van der Waals surface area contributed by atoms with E-state index >= 15 is 0 Å². The van der Waals surface area contributed by atoms with E-state index in [4.69, 9.17) is 4.74 Å². The Balaban J connectivity index is 2.54. The molecule has 1 aliphatic heterocycles. The zero-order valence-electron chi connectivity index (χ0n) is 9.07. The number of anilines is 2. The minimum Gasteiger partial charge on any atom is -0.495 e. The topological polar surface area (TPSA) is 41.6 Å². The zero-order chi connectivity index (χ0) is 11.0. The number of hydrogen-bond acceptors (Lipinski definition) is 3. The Hall–Kier alpha value is -1.71. The zero-order valence-corrected chi connectivity index (χ0v) is 9.07. The van der Waals surface area contributed by atoms with Crippen LogP contribution < -0.4 is 15.0 Å². The highest BCUT2D eigenvalue weighted by atomic mass is 16.5. The molecule has 4 nitrogen and oxygen atoms in total. The molecule has 80 valence electrons. The molecule has 0 saturated carbocycles. The SMILES string of the molecule is COc1cccc2c1NC(C)C(=O)N2C. The summed E-state index contributed by atoms with van der Waals surface area (Å²) in [6.07, 6.45) is 0. The predicted octanol–water partition coefficient (Wildman–Crippen LogP) is 1.47. The second-order valence-electron chi connectivity index (χ2n) is 3.62. The van der Waals surface area contributed by atoms with Crippen LogP contribution in [0.2, 0.25) is 0 Å². The molecule has 0 bridgehead atoms. The fourth-order valence-electron chi connectivity index (χ4n) is 1.80. The van der Waals surface area contributed by atoms with E-state index in [1.807, 2.05) is 25.1 Å². The highest BCUT2D eigenvalue weighted by Crippen LogP contribution is 2.37. The summed E-state index contributed by atoms with van der Waals surface area (Å²) in [7, 11) is 3.40. The Labute approximate surface area is 88.8 Å². The quantitative estimate of drug-likeness (QED) is 0.756. The summed E-state index contributed by atoms with van der Waals surface area (Å²) >= 11 is 0. The van der Waals surface area contributed by atoms with Crippen LogP contribution >= 0.6 is 0 Å². The standard InChI is InChI=1S/C11H14N2O2/c1-7-11(14)13(2)8-5-4-6-9(15-3)10(8)12-7/h4-7,12H,1-3H3. The number of carbonyl (C=O) groups is 1. The number of ether oxygens (including phenoxy) is 1. The van der Waals surface area contributed by atoms with Crippen molar-refractivity contribution in [3.63, 3.8) is 0 Å². The van der Waals surface area contributed by atoms with Crippen molar-refractivity contribution in [2.24, 2.45) is 0 Å². The van der Waals surface area contributed by atoms with Gasteiger partial charge < -0.3 is 15.0 Å². The number of methoxy groups -OCH3 is 1. The number of para-hydroxylation sites is 1. The van der Waals surface area contributed by atoms with Crippen molar-refractivity contribution >= 4 is 17.3 Å². The van der Waals surface area contributed by atoms with E-state index in [-0.39, 0.29) is 11.9 Å². The molecule has 1 amide bonds. The third-order valence-electron chi connectivity index (χ3n) is 2.65.